The lowest BCUT2D eigenvalue weighted by molar-refractivity contribution is 0.552. The Morgan fingerprint density at radius 2 is 2.07 bits per heavy atom. The van der Waals surface area contributed by atoms with E-state index < -0.39 is 0 Å². The van der Waals surface area contributed by atoms with Gasteiger partial charge >= 0.3 is 0 Å². The number of H-pyrrole nitrogens is 1. The van der Waals surface area contributed by atoms with Crippen LogP contribution in [0.1, 0.15) is 0 Å². The second-order valence-electron chi connectivity index (χ2n) is 2.65. The third kappa shape index (κ3) is 1.88. The molecule has 0 atom stereocenters. The molecule has 0 aliphatic carbocycles. The van der Waals surface area contributed by atoms with Gasteiger partial charge in [-0.3, -0.25) is 0 Å². The molecule has 0 saturated heterocycles. The van der Waals surface area contributed by atoms with Gasteiger partial charge in [-0.15, -0.1) is 16.9 Å². The van der Waals surface area contributed by atoms with Crippen LogP contribution in [-0.4, -0.2) is 16.5 Å². The lowest BCUT2D eigenvalue weighted by Crippen LogP contribution is -1.77. The van der Waals surface area contributed by atoms with Gasteiger partial charge in [0.25, 0.3) is 4.84 Å². The molecule has 2 aromatic rings. The standard InChI is InChI=1S/C9H8N2OS2/c1-14-7-4-2-6(3-5-7)8-10-11-9(13)12-8/h2-5H,1H3,(H,11,13). The molecule has 2 rings (SSSR count). The van der Waals surface area contributed by atoms with Gasteiger partial charge < -0.3 is 4.42 Å². The van der Waals surface area contributed by atoms with E-state index in [1.807, 2.05) is 30.5 Å². The van der Waals surface area contributed by atoms with E-state index in [0.29, 0.717) is 10.7 Å². The molecule has 3 nitrogen and oxygen atoms in total. The predicted octanol–water partition coefficient (Wildman–Crippen LogP) is 3.12. The summed E-state index contributed by atoms with van der Waals surface area (Å²) in [6.07, 6.45) is 2.04. The zero-order valence-electron chi connectivity index (χ0n) is 7.48. The summed E-state index contributed by atoms with van der Waals surface area (Å²) < 4.78 is 5.18. The lowest BCUT2D eigenvalue weighted by Gasteiger charge is -1.96. The van der Waals surface area contributed by atoms with E-state index >= 15 is 0 Å². The second-order valence-corrected chi connectivity index (χ2v) is 3.90. The van der Waals surface area contributed by atoms with Gasteiger partial charge in [-0.1, -0.05) is 0 Å². The first-order valence-corrected chi connectivity index (χ1v) is 5.63. The van der Waals surface area contributed by atoms with Crippen LogP contribution < -0.4 is 0 Å². The van der Waals surface area contributed by atoms with Crippen LogP contribution >= 0.6 is 24.0 Å². The highest BCUT2D eigenvalue weighted by molar-refractivity contribution is 7.98. The molecule has 0 aliphatic rings. The number of hydrogen-bond donors (Lipinski definition) is 1. The van der Waals surface area contributed by atoms with Crippen LogP contribution in [0.4, 0.5) is 0 Å². The summed E-state index contributed by atoms with van der Waals surface area (Å²) in [5.41, 5.74) is 0.926. The molecular formula is C9H8N2OS2. The summed E-state index contributed by atoms with van der Waals surface area (Å²) in [6.45, 7) is 0. The van der Waals surface area contributed by atoms with Gasteiger partial charge in [-0.25, -0.2) is 5.10 Å². The van der Waals surface area contributed by atoms with Crippen LogP contribution in [0.3, 0.4) is 0 Å². The van der Waals surface area contributed by atoms with Gasteiger partial charge in [0.15, 0.2) is 0 Å². The summed E-state index contributed by atoms with van der Waals surface area (Å²) in [6, 6.07) is 7.96. The fraction of sp³-hybridized carbons (Fsp3) is 0.111. The molecule has 0 spiro atoms. The Kier molecular flexibility index (Phi) is 2.69. The molecule has 1 heterocycles. The molecule has 14 heavy (non-hydrogen) atoms. The number of rotatable bonds is 2. The van der Waals surface area contributed by atoms with Crippen molar-refractivity contribution in [2.45, 2.75) is 4.90 Å². The van der Waals surface area contributed by atoms with Crippen molar-refractivity contribution in [3.05, 3.63) is 29.1 Å². The van der Waals surface area contributed by atoms with Crippen LogP contribution in [0.2, 0.25) is 0 Å². The van der Waals surface area contributed by atoms with Crippen molar-refractivity contribution in [1.29, 1.82) is 0 Å². The zero-order chi connectivity index (χ0) is 9.97. The third-order valence-corrected chi connectivity index (χ3v) is 2.69. The average molecular weight is 224 g/mol. The first-order chi connectivity index (χ1) is 6.79. The van der Waals surface area contributed by atoms with Gasteiger partial charge in [-0.2, -0.15) is 0 Å². The van der Waals surface area contributed by atoms with Gasteiger partial charge in [0.1, 0.15) is 0 Å². The highest BCUT2D eigenvalue weighted by Gasteiger charge is 2.02. The van der Waals surface area contributed by atoms with E-state index in [1.54, 1.807) is 11.8 Å². The van der Waals surface area contributed by atoms with Crippen LogP contribution in [0.5, 0.6) is 0 Å². The SMILES string of the molecule is CSc1ccc(-c2n[nH]c(=S)o2)cc1. The van der Waals surface area contributed by atoms with Gasteiger partial charge in [0, 0.05) is 10.5 Å². The van der Waals surface area contributed by atoms with Crippen molar-refractivity contribution < 1.29 is 4.42 Å². The predicted molar refractivity (Wildman–Crippen MR) is 58.9 cm³/mol. The van der Waals surface area contributed by atoms with Crippen LogP contribution in [0.15, 0.2) is 33.6 Å². The molecule has 0 radical (unpaired) electrons. The fourth-order valence-corrected chi connectivity index (χ4v) is 1.62. The smallest absolute Gasteiger partial charge is 0.284 e. The van der Waals surface area contributed by atoms with E-state index in [9.17, 15) is 0 Å². The number of benzene rings is 1. The Bertz CT molecular complexity index is 472. The molecule has 0 fully saturated rings. The number of nitrogens with zero attached hydrogens (tertiary/aromatic N) is 1. The maximum absolute atomic E-state index is 5.18. The topological polar surface area (TPSA) is 41.8 Å². The van der Waals surface area contributed by atoms with Crippen molar-refractivity contribution in [1.82, 2.24) is 10.2 Å². The highest BCUT2D eigenvalue weighted by Crippen LogP contribution is 2.21. The summed E-state index contributed by atoms with van der Waals surface area (Å²) >= 11 is 6.49. The monoisotopic (exact) mass is 224 g/mol. The van der Waals surface area contributed by atoms with Crippen molar-refractivity contribution >= 4 is 24.0 Å². The summed E-state index contributed by atoms with van der Waals surface area (Å²) in [5.74, 6) is 0.530. The highest BCUT2D eigenvalue weighted by atomic mass is 32.2. The second kappa shape index (κ2) is 3.98. The number of nitrogens with one attached hydrogen (secondary N) is 1. The summed E-state index contributed by atoms with van der Waals surface area (Å²) in [7, 11) is 0. The first kappa shape index (κ1) is 9.48. The quantitative estimate of drug-likeness (QED) is 0.628. The minimum absolute atomic E-state index is 0.300. The van der Waals surface area contributed by atoms with Gasteiger partial charge in [-0.05, 0) is 42.7 Å². The van der Waals surface area contributed by atoms with E-state index in [0.717, 1.165) is 5.56 Å². The molecule has 0 unspecified atom stereocenters. The van der Waals surface area contributed by atoms with E-state index in [-0.39, 0.29) is 0 Å². The molecule has 0 amide bonds. The Morgan fingerprint density at radius 1 is 1.36 bits per heavy atom. The van der Waals surface area contributed by atoms with Crippen LogP contribution in [0.25, 0.3) is 11.5 Å². The van der Waals surface area contributed by atoms with Crippen molar-refractivity contribution in [2.75, 3.05) is 6.26 Å². The Morgan fingerprint density at radius 3 is 2.57 bits per heavy atom. The summed E-state index contributed by atoms with van der Waals surface area (Å²) in [5, 5.41) is 6.53. The van der Waals surface area contributed by atoms with Crippen LogP contribution in [-0.2, 0) is 0 Å². The maximum atomic E-state index is 5.18. The molecule has 0 aliphatic heterocycles. The van der Waals surface area contributed by atoms with Crippen molar-refractivity contribution in [3.8, 4) is 11.5 Å². The number of thioether (sulfide) groups is 1. The van der Waals surface area contributed by atoms with E-state index in [2.05, 4.69) is 10.2 Å². The van der Waals surface area contributed by atoms with Crippen LogP contribution in [0, 0.1) is 4.84 Å². The normalized spacial score (nSPS) is 10.4. The molecule has 1 N–H and O–H groups in total. The third-order valence-electron chi connectivity index (χ3n) is 1.78. The summed E-state index contributed by atoms with van der Waals surface area (Å²) in [4.78, 5) is 1.51. The first-order valence-electron chi connectivity index (χ1n) is 3.99. The molecule has 0 saturated carbocycles. The van der Waals surface area contributed by atoms with E-state index in [4.69, 9.17) is 16.6 Å². The Labute approximate surface area is 90.5 Å². The molecule has 0 bridgehead atoms. The Hall–Kier alpha value is -1.07. The molecule has 1 aromatic carbocycles. The number of aromatic nitrogens is 2. The van der Waals surface area contributed by atoms with Gasteiger partial charge in [0.2, 0.25) is 5.89 Å². The zero-order valence-corrected chi connectivity index (χ0v) is 9.11. The Balaban J connectivity index is 2.38. The van der Waals surface area contributed by atoms with Crippen molar-refractivity contribution in [3.63, 3.8) is 0 Å². The lowest BCUT2D eigenvalue weighted by atomic mass is 10.2. The maximum Gasteiger partial charge on any atom is 0.284 e. The minimum atomic E-state index is 0.300. The van der Waals surface area contributed by atoms with E-state index in [1.165, 1.54) is 4.90 Å². The van der Waals surface area contributed by atoms with Gasteiger partial charge in [0.05, 0.1) is 0 Å². The average Bonchev–Trinajstić information content (AvgIpc) is 2.65. The molecular weight excluding hydrogens is 216 g/mol. The molecule has 72 valence electrons. The largest absolute Gasteiger partial charge is 0.409 e. The minimum Gasteiger partial charge on any atom is -0.409 e. The number of aromatic amines is 1. The molecule has 5 heteroatoms. The number of hydrogen-bond acceptors (Lipinski definition) is 4. The fourth-order valence-electron chi connectivity index (χ4n) is 1.09. The molecule has 1 aromatic heterocycles. The van der Waals surface area contributed by atoms with Crippen molar-refractivity contribution in [2.24, 2.45) is 0 Å².